The second kappa shape index (κ2) is 9.64. The van der Waals surface area contributed by atoms with Gasteiger partial charge in [-0.05, 0) is 60.9 Å². The van der Waals surface area contributed by atoms with Crippen molar-refractivity contribution in [1.29, 1.82) is 0 Å². The summed E-state index contributed by atoms with van der Waals surface area (Å²) in [6.07, 6.45) is 0. The van der Waals surface area contributed by atoms with Crippen LogP contribution in [0, 0.1) is 13.8 Å². The number of aryl methyl sites for hydroxylation is 2. The van der Waals surface area contributed by atoms with E-state index >= 15 is 0 Å². The van der Waals surface area contributed by atoms with Crippen LogP contribution in [0.5, 0.6) is 11.5 Å². The van der Waals surface area contributed by atoms with Gasteiger partial charge < -0.3 is 20.1 Å². The van der Waals surface area contributed by atoms with Crippen molar-refractivity contribution in [3.8, 4) is 11.5 Å². The number of methoxy groups -OCH3 is 1. The Labute approximate surface area is 171 Å². The lowest BCUT2D eigenvalue weighted by Gasteiger charge is -2.14. The molecule has 0 aliphatic carbocycles. The summed E-state index contributed by atoms with van der Waals surface area (Å²) in [6, 6.07) is 21.5. The first-order valence-corrected chi connectivity index (χ1v) is 9.51. The number of ether oxygens (including phenoxy) is 2. The smallest absolute Gasteiger partial charge is 0.262 e. The molecule has 3 aromatic rings. The monoisotopic (exact) mass is 390 g/mol. The maximum atomic E-state index is 12.2. The molecule has 1 amide bonds. The Kier molecular flexibility index (Phi) is 6.74. The largest absolute Gasteiger partial charge is 0.493 e. The van der Waals surface area contributed by atoms with Crippen LogP contribution in [-0.2, 0) is 11.3 Å². The van der Waals surface area contributed by atoms with E-state index in [1.165, 1.54) is 5.56 Å². The molecule has 29 heavy (non-hydrogen) atoms. The molecule has 150 valence electrons. The van der Waals surface area contributed by atoms with Crippen molar-refractivity contribution in [1.82, 2.24) is 0 Å². The molecule has 0 radical (unpaired) electrons. The van der Waals surface area contributed by atoms with E-state index in [0.717, 1.165) is 22.5 Å². The summed E-state index contributed by atoms with van der Waals surface area (Å²) in [5, 5.41) is 6.25. The number of hydrogen-bond acceptors (Lipinski definition) is 4. The molecule has 0 unspecified atom stereocenters. The van der Waals surface area contributed by atoms with Crippen LogP contribution in [-0.4, -0.2) is 19.6 Å². The predicted molar refractivity (Wildman–Crippen MR) is 117 cm³/mol. The lowest BCUT2D eigenvalue weighted by atomic mass is 10.1. The zero-order valence-electron chi connectivity index (χ0n) is 17.0. The Morgan fingerprint density at radius 2 is 1.76 bits per heavy atom. The molecule has 5 heteroatoms. The molecule has 0 spiro atoms. The number of carbonyl (C=O) groups excluding carboxylic acids is 1. The molecule has 0 heterocycles. The standard InChI is InChI=1S/C24H26N2O3/c1-17-7-6-9-20(13-17)26-24(27)16-29-22-12-11-19(14-23(22)28-3)15-25-21-10-5-4-8-18(21)2/h4-14,25H,15-16H2,1-3H3,(H,26,27). The molecule has 3 aromatic carbocycles. The lowest BCUT2D eigenvalue weighted by Crippen LogP contribution is -2.20. The average molecular weight is 390 g/mol. The minimum atomic E-state index is -0.219. The van der Waals surface area contributed by atoms with Crippen molar-refractivity contribution >= 4 is 17.3 Å². The van der Waals surface area contributed by atoms with Gasteiger partial charge in [-0.1, -0.05) is 36.4 Å². The van der Waals surface area contributed by atoms with Crippen LogP contribution in [0.2, 0.25) is 0 Å². The fourth-order valence-electron chi connectivity index (χ4n) is 2.97. The number of carbonyl (C=O) groups is 1. The van der Waals surface area contributed by atoms with Crippen LogP contribution in [0.3, 0.4) is 0 Å². The maximum Gasteiger partial charge on any atom is 0.262 e. The highest BCUT2D eigenvalue weighted by Crippen LogP contribution is 2.28. The van der Waals surface area contributed by atoms with E-state index in [4.69, 9.17) is 9.47 Å². The molecular weight excluding hydrogens is 364 g/mol. The second-order valence-electron chi connectivity index (χ2n) is 6.86. The SMILES string of the molecule is COc1cc(CNc2ccccc2C)ccc1OCC(=O)Nc1cccc(C)c1. The van der Waals surface area contributed by atoms with E-state index in [9.17, 15) is 4.79 Å². The zero-order chi connectivity index (χ0) is 20.6. The van der Waals surface area contributed by atoms with Gasteiger partial charge in [-0.2, -0.15) is 0 Å². The van der Waals surface area contributed by atoms with Crippen LogP contribution in [0.15, 0.2) is 66.7 Å². The van der Waals surface area contributed by atoms with Gasteiger partial charge >= 0.3 is 0 Å². The summed E-state index contributed by atoms with van der Waals surface area (Å²) in [4.78, 5) is 12.2. The van der Waals surface area contributed by atoms with Gasteiger partial charge in [0.25, 0.3) is 5.91 Å². The molecule has 0 saturated heterocycles. The van der Waals surface area contributed by atoms with Gasteiger partial charge in [-0.25, -0.2) is 0 Å². The number of hydrogen-bond donors (Lipinski definition) is 2. The van der Waals surface area contributed by atoms with Crippen LogP contribution in [0.25, 0.3) is 0 Å². The van der Waals surface area contributed by atoms with Gasteiger partial charge in [0.2, 0.25) is 0 Å². The quantitative estimate of drug-likeness (QED) is 0.572. The highest BCUT2D eigenvalue weighted by Gasteiger charge is 2.09. The third kappa shape index (κ3) is 5.75. The van der Waals surface area contributed by atoms with E-state index < -0.39 is 0 Å². The van der Waals surface area contributed by atoms with Crippen LogP contribution < -0.4 is 20.1 Å². The molecule has 0 aliphatic rings. The summed E-state index contributed by atoms with van der Waals surface area (Å²) in [6.45, 7) is 4.62. The molecule has 2 N–H and O–H groups in total. The minimum absolute atomic E-state index is 0.0922. The molecule has 5 nitrogen and oxygen atoms in total. The van der Waals surface area contributed by atoms with E-state index in [1.807, 2.05) is 61.5 Å². The fraction of sp³-hybridized carbons (Fsp3) is 0.208. The third-order valence-corrected chi connectivity index (χ3v) is 4.52. The van der Waals surface area contributed by atoms with Crippen molar-refractivity contribution < 1.29 is 14.3 Å². The second-order valence-corrected chi connectivity index (χ2v) is 6.86. The fourth-order valence-corrected chi connectivity index (χ4v) is 2.97. The molecule has 0 saturated carbocycles. The summed E-state index contributed by atoms with van der Waals surface area (Å²) < 4.78 is 11.1. The molecule has 0 bridgehead atoms. The molecule has 3 rings (SSSR count). The first-order valence-electron chi connectivity index (χ1n) is 9.51. The Balaban J connectivity index is 1.58. The Bertz CT molecular complexity index is 985. The minimum Gasteiger partial charge on any atom is -0.493 e. The normalized spacial score (nSPS) is 10.3. The zero-order valence-corrected chi connectivity index (χ0v) is 17.0. The Morgan fingerprint density at radius 3 is 2.52 bits per heavy atom. The number of rotatable bonds is 8. The number of para-hydroxylation sites is 1. The maximum absolute atomic E-state index is 12.2. The Morgan fingerprint density at radius 1 is 0.931 bits per heavy atom. The summed E-state index contributed by atoms with van der Waals surface area (Å²) in [5.41, 5.74) is 5.18. The van der Waals surface area contributed by atoms with Crippen LogP contribution in [0.1, 0.15) is 16.7 Å². The number of nitrogens with one attached hydrogen (secondary N) is 2. The van der Waals surface area contributed by atoms with Crippen molar-refractivity contribution in [2.24, 2.45) is 0 Å². The van der Waals surface area contributed by atoms with Crippen LogP contribution in [0.4, 0.5) is 11.4 Å². The van der Waals surface area contributed by atoms with Gasteiger partial charge in [-0.15, -0.1) is 0 Å². The van der Waals surface area contributed by atoms with Crippen molar-refractivity contribution in [2.75, 3.05) is 24.4 Å². The summed E-state index contributed by atoms with van der Waals surface area (Å²) in [5.74, 6) is 0.909. The molecule has 0 atom stereocenters. The topological polar surface area (TPSA) is 59.6 Å². The first-order chi connectivity index (χ1) is 14.0. The van der Waals surface area contributed by atoms with Gasteiger partial charge in [-0.3, -0.25) is 4.79 Å². The van der Waals surface area contributed by atoms with Gasteiger partial charge in [0, 0.05) is 17.9 Å². The van der Waals surface area contributed by atoms with Gasteiger partial charge in [0.1, 0.15) is 0 Å². The molecule has 0 aliphatic heterocycles. The third-order valence-electron chi connectivity index (χ3n) is 4.52. The van der Waals surface area contributed by atoms with Crippen molar-refractivity contribution in [2.45, 2.75) is 20.4 Å². The first kappa shape index (κ1) is 20.3. The molecule has 0 aromatic heterocycles. The lowest BCUT2D eigenvalue weighted by molar-refractivity contribution is -0.118. The van der Waals surface area contributed by atoms with E-state index in [-0.39, 0.29) is 12.5 Å². The summed E-state index contributed by atoms with van der Waals surface area (Å²) in [7, 11) is 1.59. The van der Waals surface area contributed by atoms with E-state index in [0.29, 0.717) is 18.0 Å². The van der Waals surface area contributed by atoms with Crippen LogP contribution >= 0.6 is 0 Å². The molecular formula is C24H26N2O3. The van der Waals surface area contributed by atoms with Gasteiger partial charge in [0.15, 0.2) is 18.1 Å². The number of amides is 1. The van der Waals surface area contributed by atoms with E-state index in [1.54, 1.807) is 7.11 Å². The molecule has 0 fully saturated rings. The van der Waals surface area contributed by atoms with E-state index in [2.05, 4.69) is 29.7 Å². The predicted octanol–water partition coefficient (Wildman–Crippen LogP) is 4.94. The Hall–Kier alpha value is -3.47. The number of benzene rings is 3. The highest BCUT2D eigenvalue weighted by atomic mass is 16.5. The number of anilines is 2. The van der Waals surface area contributed by atoms with Gasteiger partial charge in [0.05, 0.1) is 7.11 Å². The van der Waals surface area contributed by atoms with Crippen molar-refractivity contribution in [3.63, 3.8) is 0 Å². The summed E-state index contributed by atoms with van der Waals surface area (Å²) >= 11 is 0. The average Bonchev–Trinajstić information content (AvgIpc) is 2.72. The van der Waals surface area contributed by atoms with Crippen molar-refractivity contribution in [3.05, 3.63) is 83.4 Å². The highest BCUT2D eigenvalue weighted by molar-refractivity contribution is 5.92.